The van der Waals surface area contributed by atoms with Gasteiger partial charge >= 0.3 is 0 Å². The lowest BCUT2D eigenvalue weighted by molar-refractivity contribution is 0.184. The quantitative estimate of drug-likeness (QED) is 0.849. The minimum Gasteiger partial charge on any atom is -0.479 e. The molecule has 0 unspecified atom stereocenters. The van der Waals surface area contributed by atoms with Gasteiger partial charge in [0.25, 0.3) is 0 Å². The van der Waals surface area contributed by atoms with E-state index in [2.05, 4.69) is 0 Å². The molecule has 0 aliphatic heterocycles. The Balaban J connectivity index is 3.00. The van der Waals surface area contributed by atoms with Crippen LogP contribution >= 0.6 is 35.4 Å². The highest BCUT2D eigenvalue weighted by atomic mass is 35.5. The van der Waals surface area contributed by atoms with Crippen molar-refractivity contribution in [1.29, 1.82) is 0 Å². The molecule has 5 heteroatoms. The topological polar surface area (TPSA) is 35.2 Å². The largest absolute Gasteiger partial charge is 0.479 e. The van der Waals surface area contributed by atoms with Crippen molar-refractivity contribution in [3.05, 3.63) is 28.2 Å². The molecule has 1 aromatic carbocycles. The molecule has 0 saturated carbocycles. The van der Waals surface area contributed by atoms with Crippen LogP contribution in [0.3, 0.4) is 0 Å². The SMILES string of the molecule is CC(C)(Oc1cccc(Cl)c1Cl)C(N)=S. The molecule has 0 bridgehead atoms. The summed E-state index contributed by atoms with van der Waals surface area (Å²) in [5.41, 5.74) is 4.79. The zero-order valence-electron chi connectivity index (χ0n) is 8.38. The molecular weight excluding hydrogens is 253 g/mol. The second-order valence-corrected chi connectivity index (χ2v) is 4.75. The lowest BCUT2D eigenvalue weighted by atomic mass is 10.1. The number of thiocarbonyl (C=S) groups is 1. The molecule has 0 spiro atoms. The number of hydrogen-bond donors (Lipinski definition) is 1. The molecule has 82 valence electrons. The maximum atomic E-state index is 5.96. The van der Waals surface area contributed by atoms with Gasteiger partial charge in [-0.15, -0.1) is 0 Å². The van der Waals surface area contributed by atoms with Crippen molar-refractivity contribution in [1.82, 2.24) is 0 Å². The van der Waals surface area contributed by atoms with Crippen molar-refractivity contribution in [3.8, 4) is 5.75 Å². The number of hydrogen-bond acceptors (Lipinski definition) is 2. The number of rotatable bonds is 3. The van der Waals surface area contributed by atoms with Crippen molar-refractivity contribution in [2.45, 2.75) is 19.4 Å². The van der Waals surface area contributed by atoms with Crippen LogP contribution in [0.4, 0.5) is 0 Å². The first-order valence-corrected chi connectivity index (χ1v) is 5.44. The molecule has 15 heavy (non-hydrogen) atoms. The lowest BCUT2D eigenvalue weighted by Crippen LogP contribution is -2.42. The van der Waals surface area contributed by atoms with Crippen molar-refractivity contribution in [2.75, 3.05) is 0 Å². The summed E-state index contributed by atoms with van der Waals surface area (Å²) in [6, 6.07) is 5.15. The monoisotopic (exact) mass is 263 g/mol. The van der Waals surface area contributed by atoms with E-state index in [1.54, 1.807) is 32.0 Å². The molecule has 0 amide bonds. The van der Waals surface area contributed by atoms with Gasteiger partial charge in [0.1, 0.15) is 15.8 Å². The fraction of sp³-hybridized carbons (Fsp3) is 0.300. The standard InChI is InChI=1S/C10H11Cl2NOS/c1-10(2,9(13)15)14-7-5-3-4-6(11)8(7)12/h3-5H,1-2H3,(H2,13,15). The Morgan fingerprint density at radius 3 is 2.53 bits per heavy atom. The molecule has 0 radical (unpaired) electrons. The predicted molar refractivity (Wildman–Crippen MR) is 68.0 cm³/mol. The third-order valence-electron chi connectivity index (χ3n) is 1.87. The van der Waals surface area contributed by atoms with Gasteiger partial charge in [-0.3, -0.25) is 0 Å². The Morgan fingerprint density at radius 2 is 2.00 bits per heavy atom. The smallest absolute Gasteiger partial charge is 0.153 e. The first-order chi connectivity index (χ1) is 6.84. The van der Waals surface area contributed by atoms with Crippen LogP contribution in [0.2, 0.25) is 10.0 Å². The van der Waals surface area contributed by atoms with Gasteiger partial charge in [0, 0.05) is 0 Å². The Hall–Kier alpha value is -0.510. The number of halogens is 2. The fourth-order valence-corrected chi connectivity index (χ4v) is 1.26. The summed E-state index contributed by atoms with van der Waals surface area (Å²) >= 11 is 16.7. The molecule has 0 aliphatic rings. The van der Waals surface area contributed by atoms with E-state index < -0.39 is 5.60 Å². The summed E-state index contributed by atoms with van der Waals surface area (Å²) < 4.78 is 5.59. The molecule has 1 aromatic rings. The minimum atomic E-state index is -0.746. The van der Waals surface area contributed by atoms with Gasteiger partial charge in [0.05, 0.1) is 5.02 Å². The van der Waals surface area contributed by atoms with Gasteiger partial charge in [0.15, 0.2) is 5.60 Å². The highest BCUT2D eigenvalue weighted by molar-refractivity contribution is 7.80. The van der Waals surface area contributed by atoms with E-state index in [-0.39, 0.29) is 4.99 Å². The zero-order chi connectivity index (χ0) is 11.6. The van der Waals surface area contributed by atoms with Gasteiger partial charge in [-0.05, 0) is 26.0 Å². The van der Waals surface area contributed by atoms with Crippen LogP contribution in [-0.4, -0.2) is 10.6 Å². The summed E-state index contributed by atoms with van der Waals surface area (Å²) in [5.74, 6) is 0.474. The average Bonchev–Trinajstić information content (AvgIpc) is 2.12. The van der Waals surface area contributed by atoms with Crippen molar-refractivity contribution in [2.24, 2.45) is 5.73 Å². The van der Waals surface area contributed by atoms with Crippen LogP contribution in [0.5, 0.6) is 5.75 Å². The summed E-state index contributed by atoms with van der Waals surface area (Å²) in [6.45, 7) is 3.54. The fourth-order valence-electron chi connectivity index (χ4n) is 0.888. The molecule has 2 N–H and O–H groups in total. The third-order valence-corrected chi connectivity index (χ3v) is 3.17. The van der Waals surface area contributed by atoms with Gasteiger partial charge in [-0.2, -0.15) is 0 Å². The van der Waals surface area contributed by atoms with Gasteiger partial charge < -0.3 is 10.5 Å². The molecule has 0 fully saturated rings. The molecule has 0 aliphatic carbocycles. The molecule has 1 rings (SSSR count). The van der Waals surface area contributed by atoms with E-state index >= 15 is 0 Å². The Labute approximate surface area is 104 Å². The highest BCUT2D eigenvalue weighted by Gasteiger charge is 2.24. The van der Waals surface area contributed by atoms with Crippen molar-refractivity contribution >= 4 is 40.4 Å². The van der Waals surface area contributed by atoms with Crippen LogP contribution in [0.15, 0.2) is 18.2 Å². The third kappa shape index (κ3) is 2.97. The first-order valence-electron chi connectivity index (χ1n) is 4.27. The Morgan fingerprint density at radius 1 is 1.40 bits per heavy atom. The van der Waals surface area contributed by atoms with Gasteiger partial charge in [-0.25, -0.2) is 0 Å². The average molecular weight is 264 g/mol. The maximum Gasteiger partial charge on any atom is 0.153 e. The lowest BCUT2D eigenvalue weighted by Gasteiger charge is -2.25. The first kappa shape index (κ1) is 12.6. The minimum absolute atomic E-state index is 0.263. The van der Waals surface area contributed by atoms with Crippen LogP contribution in [-0.2, 0) is 0 Å². The van der Waals surface area contributed by atoms with Crippen LogP contribution in [0, 0.1) is 0 Å². The second kappa shape index (κ2) is 4.56. The van der Waals surface area contributed by atoms with E-state index in [1.165, 1.54) is 0 Å². The Bertz CT molecular complexity index is 393. The summed E-state index contributed by atoms with van der Waals surface area (Å²) in [6.07, 6.45) is 0. The number of benzene rings is 1. The molecular formula is C10H11Cl2NOS. The van der Waals surface area contributed by atoms with Crippen LogP contribution < -0.4 is 10.5 Å². The zero-order valence-corrected chi connectivity index (χ0v) is 10.7. The normalized spacial score (nSPS) is 11.2. The molecule has 0 saturated heterocycles. The summed E-state index contributed by atoms with van der Waals surface area (Å²) in [5, 5.41) is 0.802. The number of nitrogens with two attached hydrogens (primary N) is 1. The van der Waals surface area contributed by atoms with E-state index in [0.717, 1.165) is 0 Å². The predicted octanol–water partition coefficient (Wildman–Crippen LogP) is 3.44. The van der Waals surface area contributed by atoms with Gasteiger partial charge in [-0.1, -0.05) is 41.5 Å². The van der Waals surface area contributed by atoms with E-state index in [1.807, 2.05) is 0 Å². The van der Waals surface area contributed by atoms with Crippen LogP contribution in [0.25, 0.3) is 0 Å². The van der Waals surface area contributed by atoms with E-state index in [9.17, 15) is 0 Å². The Kier molecular flexibility index (Phi) is 3.82. The molecule has 0 atom stereocenters. The summed E-state index contributed by atoms with van der Waals surface area (Å²) in [7, 11) is 0. The molecule has 0 heterocycles. The number of ether oxygens (including phenoxy) is 1. The maximum absolute atomic E-state index is 5.96. The van der Waals surface area contributed by atoms with Crippen molar-refractivity contribution in [3.63, 3.8) is 0 Å². The van der Waals surface area contributed by atoms with E-state index in [0.29, 0.717) is 15.8 Å². The van der Waals surface area contributed by atoms with E-state index in [4.69, 9.17) is 45.9 Å². The molecule has 2 nitrogen and oxygen atoms in total. The second-order valence-electron chi connectivity index (χ2n) is 3.53. The highest BCUT2D eigenvalue weighted by Crippen LogP contribution is 2.33. The van der Waals surface area contributed by atoms with Gasteiger partial charge in [0.2, 0.25) is 0 Å². The van der Waals surface area contributed by atoms with Crippen molar-refractivity contribution < 1.29 is 4.74 Å². The summed E-state index contributed by atoms with van der Waals surface area (Å²) in [4.78, 5) is 0.263. The molecule has 0 aromatic heterocycles. The van der Waals surface area contributed by atoms with Crippen LogP contribution in [0.1, 0.15) is 13.8 Å².